The Balaban J connectivity index is 2.78. The third-order valence-electron chi connectivity index (χ3n) is 1.88. The molecule has 0 radical (unpaired) electrons. The van der Waals surface area contributed by atoms with Gasteiger partial charge < -0.3 is 10.1 Å². The smallest absolute Gasteiger partial charge is 0.293 e. The molecule has 1 aromatic carbocycles. The van der Waals surface area contributed by atoms with Crippen LogP contribution in [0.4, 0.5) is 5.69 Å². The van der Waals surface area contributed by atoms with Crippen molar-refractivity contribution in [3.05, 3.63) is 29.3 Å². The molecule has 0 aromatic heterocycles. The lowest BCUT2D eigenvalue weighted by atomic mass is 10.1. The number of carbonyl (C=O) groups is 2. The van der Waals surface area contributed by atoms with Crippen molar-refractivity contribution < 1.29 is 14.3 Å². The lowest BCUT2D eigenvalue weighted by molar-refractivity contribution is -0.129. The molecule has 0 atom stereocenters. The molecular weight excluding hydrogens is 182 g/mol. The van der Waals surface area contributed by atoms with Gasteiger partial charge in [0.15, 0.2) is 0 Å². The first-order valence-corrected chi connectivity index (χ1v) is 4.13. The Kier molecular flexibility index (Phi) is 3.67. The van der Waals surface area contributed by atoms with E-state index in [-0.39, 0.29) is 6.61 Å². The van der Waals surface area contributed by atoms with Gasteiger partial charge in [0.05, 0.1) is 0 Å². The molecule has 0 spiro atoms. The number of hydrogen-bond donors (Lipinski definition) is 1. The van der Waals surface area contributed by atoms with E-state index in [1.165, 1.54) is 0 Å². The van der Waals surface area contributed by atoms with Gasteiger partial charge in [0.1, 0.15) is 6.61 Å². The summed E-state index contributed by atoms with van der Waals surface area (Å²) >= 11 is 0. The summed E-state index contributed by atoms with van der Waals surface area (Å²) in [6, 6.07) is 5.38. The average Bonchev–Trinajstić information content (AvgIpc) is 2.17. The van der Waals surface area contributed by atoms with Crippen molar-refractivity contribution in [2.24, 2.45) is 0 Å². The minimum Gasteiger partial charge on any atom is -0.463 e. The summed E-state index contributed by atoms with van der Waals surface area (Å²) in [5, 5.41) is 2.54. The zero-order chi connectivity index (χ0) is 10.4. The summed E-state index contributed by atoms with van der Waals surface area (Å²) in [5.74, 6) is 0. The summed E-state index contributed by atoms with van der Waals surface area (Å²) in [7, 11) is 0. The standard InChI is InChI=1S/C10H11NO3/c1-8-4-10(11-6-12)3-2-9(8)5-14-7-13/h2-4,6-7H,5H2,1H3,(H,11,12). The monoisotopic (exact) mass is 193 g/mol. The van der Waals surface area contributed by atoms with Gasteiger partial charge in [0.2, 0.25) is 6.41 Å². The lowest BCUT2D eigenvalue weighted by Gasteiger charge is -2.06. The highest BCUT2D eigenvalue weighted by Gasteiger charge is 1.99. The summed E-state index contributed by atoms with van der Waals surface area (Å²) in [4.78, 5) is 20.1. The van der Waals surface area contributed by atoms with E-state index in [9.17, 15) is 9.59 Å². The van der Waals surface area contributed by atoms with Gasteiger partial charge >= 0.3 is 0 Å². The molecule has 0 saturated carbocycles. The predicted octanol–water partition coefficient (Wildman–Crippen LogP) is 1.24. The minimum absolute atomic E-state index is 0.261. The van der Waals surface area contributed by atoms with Gasteiger partial charge in [-0.05, 0) is 30.2 Å². The van der Waals surface area contributed by atoms with Crippen LogP contribution in [0.1, 0.15) is 11.1 Å². The second kappa shape index (κ2) is 5.01. The highest BCUT2D eigenvalue weighted by molar-refractivity contribution is 5.71. The van der Waals surface area contributed by atoms with Crippen LogP contribution < -0.4 is 5.32 Å². The van der Waals surface area contributed by atoms with Gasteiger partial charge in [-0.15, -0.1) is 0 Å². The quantitative estimate of drug-likeness (QED) is 0.716. The molecule has 0 aliphatic heterocycles. The second-order valence-corrected chi connectivity index (χ2v) is 2.81. The predicted molar refractivity (Wildman–Crippen MR) is 51.7 cm³/mol. The Bertz CT molecular complexity index is 336. The highest BCUT2D eigenvalue weighted by Crippen LogP contribution is 2.15. The van der Waals surface area contributed by atoms with Crippen LogP contribution in [-0.2, 0) is 20.9 Å². The van der Waals surface area contributed by atoms with Crippen molar-refractivity contribution >= 4 is 18.6 Å². The van der Waals surface area contributed by atoms with Crippen LogP contribution in [0, 0.1) is 6.92 Å². The van der Waals surface area contributed by atoms with Crippen LogP contribution in [0.25, 0.3) is 0 Å². The van der Waals surface area contributed by atoms with Gasteiger partial charge in [-0.25, -0.2) is 0 Å². The van der Waals surface area contributed by atoms with E-state index < -0.39 is 0 Å². The van der Waals surface area contributed by atoms with Crippen LogP contribution in [0.2, 0.25) is 0 Å². The first kappa shape index (κ1) is 10.2. The molecule has 0 aliphatic carbocycles. The number of nitrogens with one attached hydrogen (secondary N) is 1. The highest BCUT2D eigenvalue weighted by atomic mass is 16.5. The van der Waals surface area contributed by atoms with Crippen LogP contribution in [0.5, 0.6) is 0 Å². The van der Waals surface area contributed by atoms with Gasteiger partial charge in [-0.1, -0.05) is 6.07 Å². The minimum atomic E-state index is 0.261. The Morgan fingerprint density at radius 2 is 2.21 bits per heavy atom. The fraction of sp³-hybridized carbons (Fsp3) is 0.200. The SMILES string of the molecule is Cc1cc(NC=O)ccc1COC=O. The van der Waals surface area contributed by atoms with Crippen molar-refractivity contribution in [3.63, 3.8) is 0 Å². The largest absolute Gasteiger partial charge is 0.463 e. The van der Waals surface area contributed by atoms with Crippen molar-refractivity contribution in [2.45, 2.75) is 13.5 Å². The Hall–Kier alpha value is -1.84. The maximum atomic E-state index is 10.2. The number of ether oxygens (including phenoxy) is 1. The van der Waals surface area contributed by atoms with Crippen molar-refractivity contribution in [1.82, 2.24) is 0 Å². The molecule has 0 fully saturated rings. The summed E-state index contributed by atoms with van der Waals surface area (Å²) in [6.07, 6.45) is 0.621. The van der Waals surface area contributed by atoms with Gasteiger partial charge in [0.25, 0.3) is 6.47 Å². The van der Waals surface area contributed by atoms with Gasteiger partial charge in [0, 0.05) is 5.69 Å². The lowest BCUT2D eigenvalue weighted by Crippen LogP contribution is -1.97. The average molecular weight is 193 g/mol. The number of anilines is 1. The number of aryl methyl sites for hydroxylation is 1. The normalized spacial score (nSPS) is 9.21. The van der Waals surface area contributed by atoms with E-state index in [2.05, 4.69) is 10.1 Å². The summed E-state index contributed by atoms with van der Waals surface area (Å²) in [5.41, 5.74) is 2.62. The molecule has 14 heavy (non-hydrogen) atoms. The van der Waals surface area contributed by atoms with E-state index in [0.717, 1.165) is 16.8 Å². The fourth-order valence-corrected chi connectivity index (χ4v) is 1.14. The Morgan fingerprint density at radius 3 is 2.79 bits per heavy atom. The van der Waals surface area contributed by atoms with Crippen LogP contribution in [-0.4, -0.2) is 12.9 Å². The zero-order valence-corrected chi connectivity index (χ0v) is 7.82. The summed E-state index contributed by atoms with van der Waals surface area (Å²) < 4.78 is 4.63. The molecule has 0 unspecified atom stereocenters. The maximum absolute atomic E-state index is 10.2. The molecule has 0 saturated heterocycles. The maximum Gasteiger partial charge on any atom is 0.293 e. The Morgan fingerprint density at radius 1 is 1.43 bits per heavy atom. The fourth-order valence-electron chi connectivity index (χ4n) is 1.14. The van der Waals surface area contributed by atoms with Crippen LogP contribution >= 0.6 is 0 Å². The van der Waals surface area contributed by atoms with Gasteiger partial charge in [-0.3, -0.25) is 9.59 Å². The van der Waals surface area contributed by atoms with E-state index in [0.29, 0.717) is 12.9 Å². The Labute approximate surface area is 81.9 Å². The van der Waals surface area contributed by atoms with E-state index in [1.807, 2.05) is 19.1 Å². The molecule has 1 amide bonds. The van der Waals surface area contributed by atoms with Crippen molar-refractivity contribution in [1.29, 1.82) is 0 Å². The number of rotatable bonds is 5. The zero-order valence-electron chi connectivity index (χ0n) is 7.82. The van der Waals surface area contributed by atoms with E-state index in [1.54, 1.807) is 6.07 Å². The van der Waals surface area contributed by atoms with Crippen LogP contribution in [0.3, 0.4) is 0 Å². The molecule has 4 nitrogen and oxygen atoms in total. The molecule has 1 aromatic rings. The number of carbonyl (C=O) groups excluding carboxylic acids is 2. The molecule has 4 heteroatoms. The van der Waals surface area contributed by atoms with E-state index in [4.69, 9.17) is 0 Å². The third-order valence-corrected chi connectivity index (χ3v) is 1.88. The topological polar surface area (TPSA) is 55.4 Å². The molecule has 0 bridgehead atoms. The third kappa shape index (κ3) is 2.58. The first-order valence-electron chi connectivity index (χ1n) is 4.13. The van der Waals surface area contributed by atoms with Crippen LogP contribution in [0.15, 0.2) is 18.2 Å². The van der Waals surface area contributed by atoms with E-state index >= 15 is 0 Å². The van der Waals surface area contributed by atoms with Crippen molar-refractivity contribution in [3.8, 4) is 0 Å². The number of hydrogen-bond acceptors (Lipinski definition) is 3. The molecular formula is C10H11NO3. The second-order valence-electron chi connectivity index (χ2n) is 2.81. The molecule has 0 aliphatic rings. The molecule has 1 N–H and O–H groups in total. The molecule has 74 valence electrons. The first-order chi connectivity index (χ1) is 6.77. The summed E-state index contributed by atoms with van der Waals surface area (Å²) in [6.45, 7) is 2.56. The molecule has 0 heterocycles. The van der Waals surface area contributed by atoms with Gasteiger partial charge in [-0.2, -0.15) is 0 Å². The number of benzene rings is 1. The van der Waals surface area contributed by atoms with Crippen molar-refractivity contribution in [2.75, 3.05) is 5.32 Å². The molecule has 1 rings (SSSR count). The number of amides is 1.